The summed E-state index contributed by atoms with van der Waals surface area (Å²) < 4.78 is 12.3. The van der Waals surface area contributed by atoms with Gasteiger partial charge in [0, 0.05) is 28.6 Å². The van der Waals surface area contributed by atoms with Crippen LogP contribution in [-0.4, -0.2) is 35.7 Å². The fourth-order valence-corrected chi connectivity index (χ4v) is 3.18. The molecule has 6 heteroatoms. The van der Waals surface area contributed by atoms with Crippen molar-refractivity contribution in [2.45, 2.75) is 32.0 Å². The normalized spacial score (nSPS) is 24.0. The summed E-state index contributed by atoms with van der Waals surface area (Å²) in [6.45, 7) is 2.38. The monoisotopic (exact) mass is 432 g/mol. The van der Waals surface area contributed by atoms with Crippen LogP contribution in [0.4, 0.5) is 0 Å². The first-order valence-electron chi connectivity index (χ1n) is 7.66. The van der Waals surface area contributed by atoms with Crippen molar-refractivity contribution in [3.05, 3.63) is 45.2 Å². The largest absolute Gasteiger partial charge is 0.475 e. The third-order valence-corrected chi connectivity index (χ3v) is 4.60. The second-order valence-electron chi connectivity index (χ2n) is 5.38. The Hall–Kier alpha value is -1.12. The molecule has 0 saturated carbocycles. The van der Waals surface area contributed by atoms with E-state index in [0.29, 0.717) is 19.4 Å². The van der Waals surface area contributed by atoms with Crippen LogP contribution in [-0.2, 0) is 14.3 Å². The van der Waals surface area contributed by atoms with Crippen LogP contribution >= 0.6 is 22.6 Å². The highest BCUT2D eigenvalue weighted by atomic mass is 127. The number of aliphatic hydroxyl groups is 1. The first kappa shape index (κ1) is 18.2. The predicted octanol–water partition coefficient (Wildman–Crippen LogP) is 3.12. The van der Waals surface area contributed by atoms with E-state index < -0.39 is 12.3 Å². The molecule has 2 N–H and O–H groups in total. The summed E-state index contributed by atoms with van der Waals surface area (Å²) in [5.41, 5.74) is 1.03. The van der Waals surface area contributed by atoms with Gasteiger partial charge in [-0.2, -0.15) is 0 Å². The molecule has 23 heavy (non-hydrogen) atoms. The number of aliphatic carboxylic acids is 1. The number of rotatable bonds is 7. The van der Waals surface area contributed by atoms with Gasteiger partial charge in [0.25, 0.3) is 0 Å². The van der Waals surface area contributed by atoms with Gasteiger partial charge in [-0.3, -0.25) is 0 Å². The predicted molar refractivity (Wildman–Crippen MR) is 93.9 cm³/mol. The van der Waals surface area contributed by atoms with Crippen LogP contribution in [0.3, 0.4) is 0 Å². The Morgan fingerprint density at radius 1 is 1.35 bits per heavy atom. The molecule has 1 aromatic rings. The Balaban J connectivity index is 2.38. The Morgan fingerprint density at radius 2 is 2.04 bits per heavy atom. The molecule has 0 bridgehead atoms. The molecular formula is C17H21IO5. The van der Waals surface area contributed by atoms with Crippen molar-refractivity contribution in [1.82, 2.24) is 0 Å². The molecule has 0 radical (unpaired) electrons. The Labute approximate surface area is 149 Å². The van der Waals surface area contributed by atoms with Crippen molar-refractivity contribution in [2.75, 3.05) is 13.2 Å². The summed E-state index contributed by atoms with van der Waals surface area (Å²) in [7, 11) is 0. The first-order valence-corrected chi connectivity index (χ1v) is 8.74. The lowest BCUT2D eigenvalue weighted by molar-refractivity contribution is -0.173. The lowest BCUT2D eigenvalue weighted by atomic mass is 9.80. The molecule has 0 amide bonds. The molecule has 0 aromatic heterocycles. The molecule has 2 rings (SSSR count). The Kier molecular flexibility index (Phi) is 6.86. The third kappa shape index (κ3) is 4.68. The summed E-state index contributed by atoms with van der Waals surface area (Å²) in [5, 5.41) is 18.5. The van der Waals surface area contributed by atoms with Crippen LogP contribution < -0.4 is 0 Å². The molecule has 1 aliphatic rings. The average molecular weight is 432 g/mol. The topological polar surface area (TPSA) is 76.0 Å². The molecule has 0 saturated heterocycles. The van der Waals surface area contributed by atoms with E-state index in [2.05, 4.69) is 22.6 Å². The number of benzene rings is 1. The molecule has 126 valence electrons. The van der Waals surface area contributed by atoms with E-state index in [9.17, 15) is 9.90 Å². The van der Waals surface area contributed by atoms with Gasteiger partial charge in [-0.25, -0.2) is 4.79 Å². The van der Waals surface area contributed by atoms with Crippen molar-refractivity contribution in [2.24, 2.45) is 5.92 Å². The van der Waals surface area contributed by atoms with Gasteiger partial charge >= 0.3 is 5.97 Å². The third-order valence-electron chi connectivity index (χ3n) is 3.88. The number of allylic oxidation sites excluding steroid dienone is 1. The van der Waals surface area contributed by atoms with Crippen molar-refractivity contribution in [3.63, 3.8) is 0 Å². The SMILES string of the molecule is CCO[C@H]1OC(C(=O)O)=C[C@@H](c2ccc(I)cc2)[C@@H]1CCCO. The van der Waals surface area contributed by atoms with Crippen molar-refractivity contribution < 1.29 is 24.5 Å². The zero-order chi connectivity index (χ0) is 16.8. The molecule has 0 aliphatic carbocycles. The fraction of sp³-hybridized carbons (Fsp3) is 0.471. The van der Waals surface area contributed by atoms with E-state index in [-0.39, 0.29) is 24.2 Å². The van der Waals surface area contributed by atoms with Crippen LogP contribution in [0.25, 0.3) is 0 Å². The quantitative estimate of drug-likeness (QED) is 0.648. The van der Waals surface area contributed by atoms with Crippen LogP contribution in [0.2, 0.25) is 0 Å². The van der Waals surface area contributed by atoms with Gasteiger partial charge in [0.1, 0.15) is 0 Å². The van der Waals surface area contributed by atoms with E-state index in [1.165, 1.54) is 0 Å². The van der Waals surface area contributed by atoms with Gasteiger partial charge in [0.05, 0.1) is 0 Å². The highest BCUT2D eigenvalue weighted by Crippen LogP contribution is 2.39. The number of carboxylic acids is 1. The van der Waals surface area contributed by atoms with Gasteiger partial charge in [-0.05, 0) is 66.1 Å². The zero-order valence-electron chi connectivity index (χ0n) is 12.9. The van der Waals surface area contributed by atoms with Crippen molar-refractivity contribution in [3.8, 4) is 0 Å². The van der Waals surface area contributed by atoms with Crippen LogP contribution in [0.15, 0.2) is 36.1 Å². The van der Waals surface area contributed by atoms with Crippen molar-refractivity contribution in [1.29, 1.82) is 0 Å². The van der Waals surface area contributed by atoms with Gasteiger partial charge in [0.15, 0.2) is 0 Å². The molecule has 5 nitrogen and oxygen atoms in total. The Bertz CT molecular complexity index is 555. The van der Waals surface area contributed by atoms with E-state index in [0.717, 1.165) is 9.13 Å². The van der Waals surface area contributed by atoms with Gasteiger partial charge in [-0.1, -0.05) is 12.1 Å². The summed E-state index contributed by atoms with van der Waals surface area (Å²) in [6.07, 6.45) is 2.35. The summed E-state index contributed by atoms with van der Waals surface area (Å²) in [6, 6.07) is 8.00. The maximum Gasteiger partial charge on any atom is 0.370 e. The maximum atomic E-state index is 11.4. The van der Waals surface area contributed by atoms with Gasteiger partial charge in [0.2, 0.25) is 12.0 Å². The number of carboxylic acid groups (broad SMARTS) is 1. The molecule has 1 heterocycles. The minimum atomic E-state index is -1.09. The number of hydrogen-bond acceptors (Lipinski definition) is 4. The number of ether oxygens (including phenoxy) is 2. The lowest BCUT2D eigenvalue weighted by Crippen LogP contribution is -2.36. The van der Waals surface area contributed by atoms with Crippen molar-refractivity contribution >= 4 is 28.6 Å². The summed E-state index contributed by atoms with van der Waals surface area (Å²) >= 11 is 2.24. The first-order chi connectivity index (χ1) is 11.1. The number of carbonyl (C=O) groups is 1. The van der Waals surface area contributed by atoms with E-state index in [1.54, 1.807) is 6.08 Å². The van der Waals surface area contributed by atoms with E-state index in [1.807, 2.05) is 31.2 Å². The van der Waals surface area contributed by atoms with Gasteiger partial charge in [-0.15, -0.1) is 0 Å². The maximum absolute atomic E-state index is 11.4. The standard InChI is InChI=1S/C17H21IO5/c1-2-22-17-13(4-3-9-19)14(10-15(23-17)16(20)21)11-5-7-12(18)8-6-11/h5-8,10,13-14,17,19H,2-4,9H2,1H3,(H,20,21)/t13-,14-,17-/m0/s1. The summed E-state index contributed by atoms with van der Waals surface area (Å²) in [4.78, 5) is 11.4. The second-order valence-corrected chi connectivity index (χ2v) is 6.63. The minimum Gasteiger partial charge on any atom is -0.475 e. The number of hydrogen-bond donors (Lipinski definition) is 2. The molecular weight excluding hydrogens is 411 g/mol. The van der Waals surface area contributed by atoms with E-state index >= 15 is 0 Å². The molecule has 3 atom stereocenters. The average Bonchev–Trinajstić information content (AvgIpc) is 2.54. The Morgan fingerprint density at radius 3 is 2.61 bits per heavy atom. The summed E-state index contributed by atoms with van der Waals surface area (Å²) in [5.74, 6) is -1.32. The van der Waals surface area contributed by atoms with Crippen LogP contribution in [0.1, 0.15) is 31.2 Å². The minimum absolute atomic E-state index is 0.0368. The van der Waals surface area contributed by atoms with E-state index in [4.69, 9.17) is 14.6 Å². The fourth-order valence-electron chi connectivity index (χ4n) is 2.82. The molecule has 0 fully saturated rings. The number of aliphatic hydroxyl groups excluding tert-OH is 1. The smallest absolute Gasteiger partial charge is 0.370 e. The van der Waals surface area contributed by atoms with Crippen LogP contribution in [0, 0.1) is 9.49 Å². The molecule has 1 aromatic carbocycles. The molecule has 0 unspecified atom stereocenters. The molecule has 1 aliphatic heterocycles. The van der Waals surface area contributed by atoms with Gasteiger partial charge < -0.3 is 19.7 Å². The second kappa shape index (κ2) is 8.65. The molecule has 0 spiro atoms. The van der Waals surface area contributed by atoms with Crippen LogP contribution in [0.5, 0.6) is 0 Å². The number of halogens is 1. The lowest BCUT2D eigenvalue weighted by Gasteiger charge is -2.36. The highest BCUT2D eigenvalue weighted by Gasteiger charge is 2.37. The highest BCUT2D eigenvalue weighted by molar-refractivity contribution is 14.1. The zero-order valence-corrected chi connectivity index (χ0v) is 15.1.